The minimum Gasteiger partial charge on any atom is -0.444 e. The second-order valence-corrected chi connectivity index (χ2v) is 6.11. The number of alkyl carbamates (subject to hydrolysis) is 1. The van der Waals surface area contributed by atoms with Gasteiger partial charge >= 0.3 is 6.09 Å². The minimum atomic E-state index is -0.473. The van der Waals surface area contributed by atoms with Gasteiger partial charge in [0.2, 0.25) is 0 Å². The van der Waals surface area contributed by atoms with E-state index in [1.54, 1.807) is 0 Å². The SMILES string of the molecule is CCc1ccc(C2(NC(=O)OC(C)(C)C)CC2)nc1. The van der Waals surface area contributed by atoms with Crippen molar-refractivity contribution in [2.24, 2.45) is 0 Å². The highest BCUT2D eigenvalue weighted by Crippen LogP contribution is 2.44. The summed E-state index contributed by atoms with van der Waals surface area (Å²) < 4.78 is 5.30. The van der Waals surface area contributed by atoms with Gasteiger partial charge in [0.15, 0.2) is 0 Å². The highest BCUT2D eigenvalue weighted by Gasteiger charge is 2.47. The van der Waals surface area contributed by atoms with E-state index in [2.05, 4.69) is 23.3 Å². The first kappa shape index (κ1) is 13.8. The average Bonchev–Trinajstić information content (AvgIpc) is 3.07. The maximum Gasteiger partial charge on any atom is 0.408 e. The first-order valence-corrected chi connectivity index (χ1v) is 6.81. The van der Waals surface area contributed by atoms with Gasteiger partial charge in [0.05, 0.1) is 11.2 Å². The van der Waals surface area contributed by atoms with Gasteiger partial charge < -0.3 is 10.1 Å². The first-order chi connectivity index (χ1) is 8.85. The molecule has 0 bridgehead atoms. The summed E-state index contributed by atoms with van der Waals surface area (Å²) in [5.74, 6) is 0. The van der Waals surface area contributed by atoms with Crippen molar-refractivity contribution in [1.29, 1.82) is 0 Å². The minimum absolute atomic E-state index is 0.311. The van der Waals surface area contributed by atoms with Gasteiger partial charge in [-0.2, -0.15) is 0 Å². The Kier molecular flexibility index (Phi) is 3.52. The van der Waals surface area contributed by atoms with Crippen molar-refractivity contribution in [2.45, 2.75) is 58.1 Å². The second-order valence-electron chi connectivity index (χ2n) is 6.11. The molecule has 0 spiro atoms. The lowest BCUT2D eigenvalue weighted by Gasteiger charge is -2.23. The second kappa shape index (κ2) is 4.83. The van der Waals surface area contributed by atoms with Crippen LogP contribution in [0.4, 0.5) is 4.79 Å². The number of aryl methyl sites for hydroxylation is 1. The largest absolute Gasteiger partial charge is 0.444 e. The van der Waals surface area contributed by atoms with Crippen molar-refractivity contribution in [3.63, 3.8) is 0 Å². The molecule has 1 aromatic rings. The van der Waals surface area contributed by atoms with E-state index >= 15 is 0 Å². The number of amides is 1. The van der Waals surface area contributed by atoms with Crippen molar-refractivity contribution in [3.8, 4) is 0 Å². The van der Waals surface area contributed by atoms with Gasteiger partial charge in [-0.1, -0.05) is 13.0 Å². The van der Waals surface area contributed by atoms with Gasteiger partial charge in [0, 0.05) is 6.20 Å². The number of hydrogen-bond acceptors (Lipinski definition) is 3. The van der Waals surface area contributed by atoms with E-state index in [9.17, 15) is 4.79 Å². The summed E-state index contributed by atoms with van der Waals surface area (Å²) in [7, 11) is 0. The van der Waals surface area contributed by atoms with Crippen molar-refractivity contribution in [3.05, 3.63) is 29.6 Å². The number of nitrogens with zero attached hydrogens (tertiary/aromatic N) is 1. The molecule has 0 aromatic carbocycles. The topological polar surface area (TPSA) is 51.2 Å². The average molecular weight is 262 g/mol. The molecule has 1 fully saturated rings. The Morgan fingerprint density at radius 2 is 2.11 bits per heavy atom. The normalized spacial score (nSPS) is 16.8. The molecule has 1 N–H and O–H groups in total. The molecule has 0 aliphatic heterocycles. The van der Waals surface area contributed by atoms with Crippen LogP contribution in [-0.2, 0) is 16.7 Å². The third kappa shape index (κ3) is 3.46. The Morgan fingerprint density at radius 3 is 2.53 bits per heavy atom. The van der Waals surface area contributed by atoms with Gasteiger partial charge in [-0.15, -0.1) is 0 Å². The third-order valence-corrected chi connectivity index (χ3v) is 3.21. The molecular formula is C15H22N2O2. The molecule has 4 nitrogen and oxygen atoms in total. The van der Waals surface area contributed by atoms with Crippen molar-refractivity contribution >= 4 is 6.09 Å². The first-order valence-electron chi connectivity index (χ1n) is 6.81. The third-order valence-electron chi connectivity index (χ3n) is 3.21. The number of carbonyl (C=O) groups is 1. The van der Waals surface area contributed by atoms with Gasteiger partial charge in [-0.3, -0.25) is 4.98 Å². The predicted molar refractivity (Wildman–Crippen MR) is 73.9 cm³/mol. The zero-order valence-electron chi connectivity index (χ0n) is 12.1. The number of nitrogens with one attached hydrogen (secondary N) is 1. The number of aromatic nitrogens is 1. The quantitative estimate of drug-likeness (QED) is 0.910. The number of rotatable bonds is 3. The molecule has 19 heavy (non-hydrogen) atoms. The van der Waals surface area contributed by atoms with Crippen LogP contribution in [0.25, 0.3) is 0 Å². The lowest BCUT2D eigenvalue weighted by Crippen LogP contribution is -2.39. The molecule has 2 rings (SSSR count). The molecule has 1 amide bonds. The Bertz CT molecular complexity index is 456. The smallest absolute Gasteiger partial charge is 0.408 e. The van der Waals surface area contributed by atoms with Crippen molar-refractivity contribution < 1.29 is 9.53 Å². The Morgan fingerprint density at radius 1 is 1.42 bits per heavy atom. The predicted octanol–water partition coefficient (Wildman–Crippen LogP) is 3.16. The summed E-state index contributed by atoms with van der Waals surface area (Å²) in [5, 5.41) is 2.95. The van der Waals surface area contributed by atoms with E-state index < -0.39 is 5.60 Å². The summed E-state index contributed by atoms with van der Waals surface area (Å²) in [5.41, 5.74) is 1.35. The summed E-state index contributed by atoms with van der Waals surface area (Å²) >= 11 is 0. The van der Waals surface area contributed by atoms with Crippen LogP contribution in [0.1, 0.15) is 51.8 Å². The van der Waals surface area contributed by atoms with E-state index in [4.69, 9.17) is 4.74 Å². The zero-order valence-corrected chi connectivity index (χ0v) is 12.1. The standard InChI is InChI=1S/C15H22N2O2/c1-5-11-6-7-12(16-10-11)15(8-9-15)17-13(18)19-14(2,3)4/h6-7,10H,5,8-9H2,1-4H3,(H,17,18). The fourth-order valence-corrected chi connectivity index (χ4v) is 1.99. The van der Waals surface area contributed by atoms with Gasteiger partial charge in [0.25, 0.3) is 0 Å². The van der Waals surface area contributed by atoms with Crippen LogP contribution in [0.5, 0.6) is 0 Å². The van der Waals surface area contributed by atoms with E-state index in [1.807, 2.05) is 33.0 Å². The molecule has 1 aromatic heterocycles. The number of carbonyl (C=O) groups excluding carboxylic acids is 1. The molecular weight excluding hydrogens is 240 g/mol. The zero-order chi connectivity index (χ0) is 14.1. The molecule has 104 valence electrons. The fraction of sp³-hybridized carbons (Fsp3) is 0.600. The van der Waals surface area contributed by atoms with Gasteiger partial charge in [0.1, 0.15) is 5.60 Å². The lowest BCUT2D eigenvalue weighted by molar-refractivity contribution is 0.0494. The van der Waals surface area contributed by atoms with Crippen LogP contribution in [0.3, 0.4) is 0 Å². The number of ether oxygens (including phenoxy) is 1. The molecule has 0 unspecified atom stereocenters. The van der Waals surface area contributed by atoms with Crippen LogP contribution in [-0.4, -0.2) is 16.7 Å². The molecule has 1 heterocycles. The molecule has 0 atom stereocenters. The number of pyridine rings is 1. The highest BCUT2D eigenvalue weighted by atomic mass is 16.6. The maximum atomic E-state index is 11.8. The van der Waals surface area contributed by atoms with E-state index in [1.165, 1.54) is 5.56 Å². The van der Waals surface area contributed by atoms with E-state index in [0.29, 0.717) is 0 Å². The van der Waals surface area contributed by atoms with Crippen molar-refractivity contribution in [1.82, 2.24) is 10.3 Å². The fourth-order valence-electron chi connectivity index (χ4n) is 1.99. The summed E-state index contributed by atoms with van der Waals surface area (Å²) in [6.45, 7) is 7.68. The van der Waals surface area contributed by atoms with E-state index in [0.717, 1.165) is 25.0 Å². The lowest BCUT2D eigenvalue weighted by atomic mass is 10.1. The Hall–Kier alpha value is -1.58. The molecule has 1 aliphatic carbocycles. The van der Waals surface area contributed by atoms with E-state index in [-0.39, 0.29) is 11.6 Å². The Labute approximate surface area is 114 Å². The van der Waals surface area contributed by atoms with Crippen LogP contribution < -0.4 is 5.32 Å². The monoisotopic (exact) mass is 262 g/mol. The molecule has 4 heteroatoms. The van der Waals surface area contributed by atoms with Crippen LogP contribution in [0.2, 0.25) is 0 Å². The highest BCUT2D eigenvalue weighted by molar-refractivity contribution is 5.69. The summed E-state index contributed by atoms with van der Waals surface area (Å²) in [6.07, 6.45) is 4.33. The van der Waals surface area contributed by atoms with Crippen molar-refractivity contribution in [2.75, 3.05) is 0 Å². The van der Waals surface area contributed by atoms with Gasteiger partial charge in [-0.25, -0.2) is 4.79 Å². The molecule has 0 saturated heterocycles. The summed E-state index contributed by atoms with van der Waals surface area (Å²) in [4.78, 5) is 16.3. The molecule has 1 saturated carbocycles. The van der Waals surface area contributed by atoms with Crippen LogP contribution >= 0.6 is 0 Å². The van der Waals surface area contributed by atoms with Crippen LogP contribution in [0, 0.1) is 0 Å². The maximum absolute atomic E-state index is 11.8. The molecule has 0 radical (unpaired) electrons. The van der Waals surface area contributed by atoms with Crippen LogP contribution in [0.15, 0.2) is 18.3 Å². The summed E-state index contributed by atoms with van der Waals surface area (Å²) in [6, 6.07) is 4.07. The number of hydrogen-bond donors (Lipinski definition) is 1. The Balaban J connectivity index is 2.04. The molecule has 1 aliphatic rings. The van der Waals surface area contributed by atoms with Gasteiger partial charge in [-0.05, 0) is 51.7 Å².